The molecule has 0 amide bonds. The van der Waals surface area contributed by atoms with Crippen molar-refractivity contribution in [2.24, 2.45) is 0 Å². The van der Waals surface area contributed by atoms with Gasteiger partial charge in [0, 0.05) is 6.92 Å². The Hall–Kier alpha value is -0.790. The molecule has 0 unspecified atom stereocenters. The Labute approximate surface area is 113 Å². The molecule has 0 radical (unpaired) electrons. The summed E-state index contributed by atoms with van der Waals surface area (Å²) in [6, 6.07) is 0. The second kappa shape index (κ2) is 14.3. The number of rotatable bonds is 12. The van der Waals surface area contributed by atoms with Crippen molar-refractivity contribution in [1.29, 1.82) is 0 Å². The molecule has 0 aromatic rings. The van der Waals surface area contributed by atoms with Crippen LogP contribution >= 0.6 is 0 Å². The summed E-state index contributed by atoms with van der Waals surface area (Å²) in [4.78, 5) is 10.5. The summed E-state index contributed by atoms with van der Waals surface area (Å²) in [5, 5.41) is 0. The van der Waals surface area contributed by atoms with E-state index < -0.39 is 0 Å². The first-order valence-electron chi connectivity index (χ1n) is 7.55. The molecule has 0 atom stereocenters. The third-order valence-corrected chi connectivity index (χ3v) is 3.02. The SMILES string of the molecule is CCCCCCCCCCC/C=C/COC(C)=O. The molecular weight excluding hydrogens is 224 g/mol. The van der Waals surface area contributed by atoms with Crippen LogP contribution in [0.2, 0.25) is 0 Å². The maximum absolute atomic E-state index is 10.5. The van der Waals surface area contributed by atoms with E-state index in [1.54, 1.807) is 0 Å². The van der Waals surface area contributed by atoms with E-state index in [0.717, 1.165) is 6.42 Å². The first-order chi connectivity index (χ1) is 8.77. The number of esters is 1. The molecule has 0 saturated carbocycles. The first-order valence-corrected chi connectivity index (χ1v) is 7.55. The summed E-state index contributed by atoms with van der Waals surface area (Å²) in [5.74, 6) is -0.206. The predicted octanol–water partition coefficient (Wildman–Crippen LogP) is 5.03. The highest BCUT2D eigenvalue weighted by molar-refractivity contribution is 5.65. The average molecular weight is 254 g/mol. The average Bonchev–Trinajstić information content (AvgIpc) is 2.34. The summed E-state index contributed by atoms with van der Waals surface area (Å²) in [6.07, 6.45) is 17.5. The van der Waals surface area contributed by atoms with Gasteiger partial charge in [-0.1, -0.05) is 70.4 Å². The smallest absolute Gasteiger partial charge is 0.302 e. The number of hydrogen-bond donors (Lipinski definition) is 0. The molecule has 0 heterocycles. The van der Waals surface area contributed by atoms with Crippen LogP contribution in [-0.2, 0) is 9.53 Å². The van der Waals surface area contributed by atoms with Crippen molar-refractivity contribution in [3.63, 3.8) is 0 Å². The third kappa shape index (κ3) is 15.2. The van der Waals surface area contributed by atoms with Crippen molar-refractivity contribution in [3.8, 4) is 0 Å². The molecule has 2 heteroatoms. The molecule has 2 nitrogen and oxygen atoms in total. The summed E-state index contributed by atoms with van der Waals surface area (Å²) in [7, 11) is 0. The van der Waals surface area contributed by atoms with Crippen LogP contribution in [-0.4, -0.2) is 12.6 Å². The fraction of sp³-hybridized carbons (Fsp3) is 0.812. The standard InChI is InChI=1S/C16H30O2/c1-3-4-5-6-7-8-9-10-11-12-13-14-15-18-16(2)17/h13-14H,3-12,15H2,1-2H3/b14-13+. The molecule has 0 N–H and O–H groups in total. The molecule has 18 heavy (non-hydrogen) atoms. The van der Waals surface area contributed by atoms with E-state index >= 15 is 0 Å². The number of ether oxygens (including phenoxy) is 1. The first kappa shape index (κ1) is 17.2. The molecule has 0 fully saturated rings. The Morgan fingerprint density at radius 3 is 2.00 bits per heavy atom. The van der Waals surface area contributed by atoms with Crippen LogP contribution in [0.4, 0.5) is 0 Å². The van der Waals surface area contributed by atoms with Crippen molar-refractivity contribution < 1.29 is 9.53 Å². The van der Waals surface area contributed by atoms with Gasteiger partial charge in [-0.15, -0.1) is 0 Å². The van der Waals surface area contributed by atoms with Gasteiger partial charge in [-0.25, -0.2) is 0 Å². The van der Waals surface area contributed by atoms with Crippen LogP contribution in [0.15, 0.2) is 12.2 Å². The lowest BCUT2D eigenvalue weighted by atomic mass is 10.1. The van der Waals surface area contributed by atoms with E-state index in [1.165, 1.54) is 64.7 Å². The lowest BCUT2D eigenvalue weighted by molar-refractivity contribution is -0.139. The Morgan fingerprint density at radius 1 is 0.889 bits per heavy atom. The van der Waals surface area contributed by atoms with Crippen LogP contribution in [0, 0.1) is 0 Å². The molecular formula is C16H30O2. The van der Waals surface area contributed by atoms with Gasteiger partial charge in [0.15, 0.2) is 0 Å². The zero-order chi connectivity index (χ0) is 13.5. The van der Waals surface area contributed by atoms with Crippen molar-refractivity contribution in [2.45, 2.75) is 78.1 Å². The number of allylic oxidation sites excluding steroid dienone is 1. The van der Waals surface area contributed by atoms with Gasteiger partial charge in [0.2, 0.25) is 0 Å². The molecule has 0 bridgehead atoms. The summed E-state index contributed by atoms with van der Waals surface area (Å²) < 4.78 is 4.81. The molecule has 0 aromatic carbocycles. The van der Waals surface area contributed by atoms with Crippen molar-refractivity contribution in [2.75, 3.05) is 6.61 Å². The second-order valence-corrected chi connectivity index (χ2v) is 4.89. The van der Waals surface area contributed by atoms with Crippen LogP contribution in [0.3, 0.4) is 0 Å². The van der Waals surface area contributed by atoms with E-state index in [4.69, 9.17) is 4.74 Å². The van der Waals surface area contributed by atoms with Crippen molar-refractivity contribution in [1.82, 2.24) is 0 Å². The minimum absolute atomic E-state index is 0.206. The van der Waals surface area contributed by atoms with Gasteiger partial charge in [-0.05, 0) is 12.8 Å². The summed E-state index contributed by atoms with van der Waals surface area (Å²) >= 11 is 0. The molecule has 0 aliphatic heterocycles. The highest BCUT2D eigenvalue weighted by atomic mass is 16.5. The zero-order valence-electron chi connectivity index (χ0n) is 12.2. The van der Waals surface area contributed by atoms with E-state index in [2.05, 4.69) is 13.0 Å². The van der Waals surface area contributed by atoms with Crippen LogP contribution < -0.4 is 0 Å². The fourth-order valence-electron chi connectivity index (χ4n) is 1.92. The molecule has 0 spiro atoms. The minimum atomic E-state index is -0.206. The molecule has 0 aromatic heterocycles. The van der Waals surface area contributed by atoms with E-state index in [9.17, 15) is 4.79 Å². The van der Waals surface area contributed by atoms with Gasteiger partial charge in [0.1, 0.15) is 6.61 Å². The predicted molar refractivity (Wildman–Crippen MR) is 77.6 cm³/mol. The minimum Gasteiger partial charge on any atom is -0.462 e. The summed E-state index contributed by atoms with van der Waals surface area (Å²) in [6.45, 7) is 4.12. The van der Waals surface area contributed by atoms with E-state index in [0.29, 0.717) is 6.61 Å². The number of carbonyl (C=O) groups excluding carboxylic acids is 1. The normalized spacial score (nSPS) is 11.0. The van der Waals surface area contributed by atoms with Crippen molar-refractivity contribution >= 4 is 5.97 Å². The Kier molecular flexibility index (Phi) is 13.6. The quantitative estimate of drug-likeness (QED) is 0.277. The maximum atomic E-state index is 10.5. The number of unbranched alkanes of at least 4 members (excludes halogenated alkanes) is 9. The van der Waals surface area contributed by atoms with E-state index in [-0.39, 0.29) is 5.97 Å². The Morgan fingerprint density at radius 2 is 1.44 bits per heavy atom. The number of carbonyl (C=O) groups is 1. The van der Waals surface area contributed by atoms with Gasteiger partial charge in [-0.2, -0.15) is 0 Å². The van der Waals surface area contributed by atoms with E-state index in [1.807, 2.05) is 6.08 Å². The fourth-order valence-corrected chi connectivity index (χ4v) is 1.92. The molecule has 0 aliphatic carbocycles. The highest BCUT2D eigenvalue weighted by Gasteiger charge is 1.91. The third-order valence-electron chi connectivity index (χ3n) is 3.02. The van der Waals surface area contributed by atoms with Crippen molar-refractivity contribution in [3.05, 3.63) is 12.2 Å². The second-order valence-electron chi connectivity index (χ2n) is 4.89. The van der Waals surface area contributed by atoms with Crippen LogP contribution in [0.25, 0.3) is 0 Å². The zero-order valence-corrected chi connectivity index (χ0v) is 12.2. The van der Waals surface area contributed by atoms with Gasteiger partial charge in [0.25, 0.3) is 0 Å². The topological polar surface area (TPSA) is 26.3 Å². The van der Waals surface area contributed by atoms with Gasteiger partial charge < -0.3 is 4.74 Å². The highest BCUT2D eigenvalue weighted by Crippen LogP contribution is 2.10. The molecule has 0 aliphatic rings. The van der Waals surface area contributed by atoms with Gasteiger partial charge in [0.05, 0.1) is 0 Å². The molecule has 0 rings (SSSR count). The Balaban J connectivity index is 3.04. The monoisotopic (exact) mass is 254 g/mol. The lowest BCUT2D eigenvalue weighted by Crippen LogP contribution is -1.97. The van der Waals surface area contributed by atoms with Crippen LogP contribution in [0.5, 0.6) is 0 Å². The van der Waals surface area contributed by atoms with Gasteiger partial charge in [-0.3, -0.25) is 4.79 Å². The number of hydrogen-bond acceptors (Lipinski definition) is 2. The molecule has 106 valence electrons. The summed E-state index contributed by atoms with van der Waals surface area (Å²) in [5.41, 5.74) is 0. The molecule has 0 saturated heterocycles. The van der Waals surface area contributed by atoms with Gasteiger partial charge >= 0.3 is 5.97 Å². The Bertz CT molecular complexity index is 209. The maximum Gasteiger partial charge on any atom is 0.302 e. The lowest BCUT2D eigenvalue weighted by Gasteiger charge is -2.00. The van der Waals surface area contributed by atoms with Crippen LogP contribution in [0.1, 0.15) is 78.1 Å². The largest absolute Gasteiger partial charge is 0.462 e.